The van der Waals surface area contributed by atoms with E-state index in [1.165, 1.54) is 12.1 Å². The van der Waals surface area contributed by atoms with Crippen molar-refractivity contribution in [3.63, 3.8) is 0 Å². The molecule has 0 aromatic carbocycles. The van der Waals surface area contributed by atoms with Gasteiger partial charge in [0.05, 0.1) is 12.3 Å². The number of hydrogen-bond acceptors (Lipinski definition) is 6. The maximum atomic E-state index is 11.7. The van der Waals surface area contributed by atoms with E-state index in [4.69, 9.17) is 10.2 Å². The molecule has 4 N–H and O–H groups in total. The maximum absolute atomic E-state index is 11.7. The summed E-state index contributed by atoms with van der Waals surface area (Å²) in [6, 6.07) is 2.72. The molecule has 8 nitrogen and oxygen atoms in total. The lowest BCUT2D eigenvalue weighted by molar-refractivity contribution is 0.413. The van der Waals surface area contributed by atoms with E-state index in [-0.39, 0.29) is 30.5 Å². The van der Waals surface area contributed by atoms with E-state index in [9.17, 15) is 16.8 Å². The lowest BCUT2D eigenvalue weighted by Crippen LogP contribution is -2.34. The molecule has 1 rings (SSSR count). The van der Waals surface area contributed by atoms with Crippen molar-refractivity contribution in [2.24, 2.45) is 5.73 Å². The van der Waals surface area contributed by atoms with Crippen LogP contribution in [0.25, 0.3) is 0 Å². The zero-order valence-electron chi connectivity index (χ0n) is 10.4. The molecular formula is C9H17N3O5S2. The van der Waals surface area contributed by atoms with Crippen molar-refractivity contribution < 1.29 is 21.3 Å². The second kappa shape index (κ2) is 6.48. The zero-order valence-corrected chi connectivity index (χ0v) is 12.1. The van der Waals surface area contributed by atoms with Gasteiger partial charge in [0, 0.05) is 13.1 Å². The van der Waals surface area contributed by atoms with Gasteiger partial charge < -0.3 is 10.2 Å². The maximum Gasteiger partial charge on any atom is 0.273 e. The molecule has 110 valence electrons. The number of rotatable bonds is 8. The first-order valence-electron chi connectivity index (χ1n) is 5.56. The van der Waals surface area contributed by atoms with Crippen molar-refractivity contribution in [3.8, 4) is 0 Å². The zero-order chi connectivity index (χ0) is 14.5. The van der Waals surface area contributed by atoms with E-state index >= 15 is 0 Å². The predicted molar refractivity (Wildman–Crippen MR) is 69.3 cm³/mol. The molecule has 0 fully saturated rings. The van der Waals surface area contributed by atoms with E-state index in [2.05, 4.69) is 9.44 Å². The monoisotopic (exact) mass is 311 g/mol. The molecule has 0 aliphatic rings. The summed E-state index contributed by atoms with van der Waals surface area (Å²) in [4.78, 5) is 0. The standard InChI is InChI=1S/C9H17N3O5S2/c1-2-11-18(13,14)6-5-12-19(15,16)9-4-3-8(7-10)17-9/h3-4,11-12H,2,5-7,10H2,1H3. The minimum absolute atomic E-state index is 0.0876. The summed E-state index contributed by atoms with van der Waals surface area (Å²) in [6.07, 6.45) is 0. The van der Waals surface area contributed by atoms with Crippen LogP contribution in [0.3, 0.4) is 0 Å². The van der Waals surface area contributed by atoms with Crippen LogP contribution >= 0.6 is 0 Å². The van der Waals surface area contributed by atoms with E-state index in [1.807, 2.05) is 0 Å². The van der Waals surface area contributed by atoms with Gasteiger partial charge in [0.25, 0.3) is 10.0 Å². The molecule has 1 heterocycles. The Morgan fingerprint density at radius 3 is 2.42 bits per heavy atom. The largest absolute Gasteiger partial charge is 0.447 e. The van der Waals surface area contributed by atoms with Gasteiger partial charge in [0.1, 0.15) is 5.76 Å². The topological polar surface area (TPSA) is 132 Å². The highest BCUT2D eigenvalue weighted by Gasteiger charge is 2.19. The lowest BCUT2D eigenvalue weighted by Gasteiger charge is -2.05. The van der Waals surface area contributed by atoms with E-state index in [1.54, 1.807) is 6.92 Å². The average Bonchev–Trinajstić information content (AvgIpc) is 2.77. The van der Waals surface area contributed by atoms with Gasteiger partial charge in [0.15, 0.2) is 0 Å². The van der Waals surface area contributed by atoms with Crippen molar-refractivity contribution >= 4 is 20.0 Å². The summed E-state index contributed by atoms with van der Waals surface area (Å²) in [5.74, 6) is -0.00880. The van der Waals surface area contributed by atoms with Gasteiger partial charge in [-0.25, -0.2) is 26.3 Å². The van der Waals surface area contributed by atoms with Gasteiger partial charge in [-0.2, -0.15) is 0 Å². The molecule has 10 heteroatoms. The molecule has 0 aliphatic heterocycles. The van der Waals surface area contributed by atoms with Gasteiger partial charge in [-0.3, -0.25) is 0 Å². The fourth-order valence-electron chi connectivity index (χ4n) is 1.29. The van der Waals surface area contributed by atoms with Crippen LogP contribution in [0.15, 0.2) is 21.6 Å². The van der Waals surface area contributed by atoms with Crippen LogP contribution in [0.4, 0.5) is 0 Å². The van der Waals surface area contributed by atoms with Gasteiger partial charge in [-0.1, -0.05) is 6.92 Å². The third-order valence-electron chi connectivity index (χ3n) is 2.13. The van der Waals surface area contributed by atoms with Crippen LogP contribution in [-0.4, -0.2) is 35.7 Å². The molecule has 1 aromatic heterocycles. The van der Waals surface area contributed by atoms with Crippen LogP contribution in [-0.2, 0) is 26.6 Å². The first kappa shape index (κ1) is 16.1. The molecule has 0 saturated heterocycles. The van der Waals surface area contributed by atoms with E-state index in [0.717, 1.165) is 0 Å². The second-order valence-electron chi connectivity index (χ2n) is 3.64. The summed E-state index contributed by atoms with van der Waals surface area (Å²) in [6.45, 7) is 1.74. The highest BCUT2D eigenvalue weighted by atomic mass is 32.2. The molecule has 0 saturated carbocycles. The van der Waals surface area contributed by atoms with Gasteiger partial charge in [-0.05, 0) is 12.1 Å². The number of hydrogen-bond donors (Lipinski definition) is 3. The summed E-state index contributed by atoms with van der Waals surface area (Å²) < 4.78 is 55.5. The van der Waals surface area contributed by atoms with Crippen molar-refractivity contribution in [2.45, 2.75) is 18.6 Å². The molecule has 0 unspecified atom stereocenters. The molecule has 0 amide bonds. The van der Waals surface area contributed by atoms with E-state index in [0.29, 0.717) is 5.76 Å². The summed E-state index contributed by atoms with van der Waals surface area (Å²) in [7, 11) is -7.31. The average molecular weight is 311 g/mol. The Morgan fingerprint density at radius 1 is 1.21 bits per heavy atom. The van der Waals surface area contributed by atoms with Crippen LogP contribution in [0.5, 0.6) is 0 Å². The van der Waals surface area contributed by atoms with Crippen LogP contribution < -0.4 is 15.2 Å². The first-order chi connectivity index (χ1) is 8.80. The summed E-state index contributed by atoms with van der Waals surface area (Å²) in [5.41, 5.74) is 5.30. The van der Waals surface area contributed by atoms with Gasteiger partial charge in [0.2, 0.25) is 15.1 Å². The molecule has 1 aromatic rings. The number of nitrogens with one attached hydrogen (secondary N) is 2. The molecule has 0 spiro atoms. The molecule has 19 heavy (non-hydrogen) atoms. The fourth-order valence-corrected chi connectivity index (χ4v) is 3.35. The van der Waals surface area contributed by atoms with Crippen molar-refractivity contribution in [3.05, 3.63) is 17.9 Å². The van der Waals surface area contributed by atoms with Crippen LogP contribution in [0.2, 0.25) is 0 Å². The van der Waals surface area contributed by atoms with Crippen molar-refractivity contribution in [1.29, 1.82) is 0 Å². The first-order valence-corrected chi connectivity index (χ1v) is 8.70. The Morgan fingerprint density at radius 2 is 1.89 bits per heavy atom. The molecule has 0 bridgehead atoms. The quantitative estimate of drug-likeness (QED) is 0.561. The minimum atomic E-state index is -3.85. The summed E-state index contributed by atoms with van der Waals surface area (Å²) in [5, 5.41) is -0.284. The molecular weight excluding hydrogens is 294 g/mol. The number of nitrogens with two attached hydrogens (primary N) is 1. The number of furan rings is 1. The lowest BCUT2D eigenvalue weighted by atomic mass is 10.5. The summed E-state index contributed by atoms with van der Waals surface area (Å²) >= 11 is 0. The minimum Gasteiger partial charge on any atom is -0.447 e. The van der Waals surface area contributed by atoms with Gasteiger partial charge >= 0.3 is 0 Å². The molecule has 0 aliphatic carbocycles. The van der Waals surface area contributed by atoms with Crippen molar-refractivity contribution in [2.75, 3.05) is 18.8 Å². The van der Waals surface area contributed by atoms with Crippen LogP contribution in [0, 0.1) is 0 Å². The molecule has 0 radical (unpaired) electrons. The SMILES string of the molecule is CCNS(=O)(=O)CCNS(=O)(=O)c1ccc(CN)o1. The van der Waals surface area contributed by atoms with Gasteiger partial charge in [-0.15, -0.1) is 0 Å². The normalized spacial score (nSPS) is 12.7. The Labute approximate surface area is 112 Å². The third-order valence-corrected chi connectivity index (χ3v) is 4.93. The molecule has 0 atom stereocenters. The Kier molecular flexibility index (Phi) is 5.50. The number of sulfonamides is 2. The Bertz CT molecular complexity index is 606. The smallest absolute Gasteiger partial charge is 0.273 e. The Balaban J connectivity index is 2.61. The highest BCUT2D eigenvalue weighted by molar-refractivity contribution is 7.90. The van der Waals surface area contributed by atoms with Crippen molar-refractivity contribution in [1.82, 2.24) is 9.44 Å². The van der Waals surface area contributed by atoms with Crippen LogP contribution in [0.1, 0.15) is 12.7 Å². The predicted octanol–water partition coefficient (Wildman–Crippen LogP) is -1.04. The van der Waals surface area contributed by atoms with E-state index < -0.39 is 20.0 Å². The third kappa shape index (κ3) is 4.91. The highest BCUT2D eigenvalue weighted by Crippen LogP contribution is 2.12. The second-order valence-corrected chi connectivity index (χ2v) is 7.26. The Hall–Kier alpha value is -0.940. The fraction of sp³-hybridized carbons (Fsp3) is 0.556.